The van der Waals surface area contributed by atoms with Crippen LogP contribution in [0.5, 0.6) is 0 Å². The second-order valence-corrected chi connectivity index (χ2v) is 7.05. The highest BCUT2D eigenvalue weighted by Crippen LogP contribution is 2.37. The molecule has 4 heteroatoms. The molecule has 0 bridgehead atoms. The fourth-order valence-electron chi connectivity index (χ4n) is 3.40. The number of rotatable bonds is 3. The van der Waals surface area contributed by atoms with E-state index in [1.54, 1.807) is 0 Å². The second-order valence-electron chi connectivity index (χ2n) is 5.64. The first-order chi connectivity index (χ1) is 9.74. The van der Waals surface area contributed by atoms with Gasteiger partial charge in [-0.3, -0.25) is 0 Å². The molecule has 0 amide bonds. The molecule has 1 aromatic carbocycles. The maximum absolute atomic E-state index is 6.14. The molecule has 108 valence electrons. The zero-order valence-corrected chi connectivity index (χ0v) is 13.7. The van der Waals surface area contributed by atoms with E-state index in [-0.39, 0.29) is 0 Å². The Labute approximate surface area is 129 Å². The Balaban J connectivity index is 2.02. The minimum absolute atomic E-state index is 0.497. The number of aryl methyl sites for hydroxylation is 1. The van der Waals surface area contributed by atoms with Gasteiger partial charge >= 0.3 is 0 Å². The molecule has 2 nitrogen and oxygen atoms in total. The normalized spacial score (nSPS) is 23.4. The molecule has 1 saturated carbocycles. The van der Waals surface area contributed by atoms with E-state index >= 15 is 0 Å². The summed E-state index contributed by atoms with van der Waals surface area (Å²) in [5.74, 6) is 1.53. The smallest absolute Gasteiger partial charge is 0.125 e. The Kier molecular flexibility index (Phi) is 4.27. The maximum Gasteiger partial charge on any atom is 0.125 e. The summed E-state index contributed by atoms with van der Waals surface area (Å²) in [7, 11) is 0. The van der Waals surface area contributed by atoms with Gasteiger partial charge in [0.25, 0.3) is 0 Å². The molecule has 1 aromatic heterocycles. The van der Waals surface area contributed by atoms with Crippen LogP contribution in [-0.4, -0.2) is 21.1 Å². The standard InChI is InChI=1S/C16H21ClN2S/c1-11-4-3-5-14-16(11)19(15(10-17)18-14)12-6-8-13(20-2)9-7-12/h3-5,12-13H,6-10H2,1-2H3. The van der Waals surface area contributed by atoms with Crippen molar-refractivity contribution in [3.63, 3.8) is 0 Å². The molecule has 0 radical (unpaired) electrons. The van der Waals surface area contributed by atoms with Crippen molar-refractivity contribution < 1.29 is 0 Å². The molecule has 1 aliphatic rings. The highest BCUT2D eigenvalue weighted by atomic mass is 35.5. The number of thioether (sulfide) groups is 1. The van der Waals surface area contributed by atoms with Crippen molar-refractivity contribution in [2.45, 2.75) is 49.8 Å². The summed E-state index contributed by atoms with van der Waals surface area (Å²) in [4.78, 5) is 4.73. The van der Waals surface area contributed by atoms with Gasteiger partial charge in [0, 0.05) is 11.3 Å². The van der Waals surface area contributed by atoms with Gasteiger partial charge in [-0.1, -0.05) is 12.1 Å². The molecule has 2 aromatic rings. The van der Waals surface area contributed by atoms with Crippen LogP contribution in [0.1, 0.15) is 43.1 Å². The number of fused-ring (bicyclic) bond motifs is 1. The average Bonchev–Trinajstić information content (AvgIpc) is 2.87. The van der Waals surface area contributed by atoms with Crippen LogP contribution >= 0.6 is 23.4 Å². The first-order valence-electron chi connectivity index (χ1n) is 7.29. The molecular weight excluding hydrogens is 288 g/mol. The molecule has 1 aliphatic carbocycles. The van der Waals surface area contributed by atoms with Crippen molar-refractivity contribution in [3.05, 3.63) is 29.6 Å². The quantitative estimate of drug-likeness (QED) is 0.748. The van der Waals surface area contributed by atoms with Crippen LogP contribution < -0.4 is 0 Å². The third kappa shape index (κ3) is 2.46. The largest absolute Gasteiger partial charge is 0.324 e. The highest BCUT2D eigenvalue weighted by Gasteiger charge is 2.25. The van der Waals surface area contributed by atoms with Crippen molar-refractivity contribution in [1.29, 1.82) is 0 Å². The number of nitrogens with zero attached hydrogens (tertiary/aromatic N) is 2. The van der Waals surface area contributed by atoms with Gasteiger partial charge in [-0.25, -0.2) is 4.98 Å². The summed E-state index contributed by atoms with van der Waals surface area (Å²) >= 11 is 8.15. The number of benzene rings is 1. The van der Waals surface area contributed by atoms with Crippen LogP contribution in [0.2, 0.25) is 0 Å². The topological polar surface area (TPSA) is 17.8 Å². The Morgan fingerprint density at radius 3 is 2.70 bits per heavy atom. The SMILES string of the molecule is CSC1CCC(n2c(CCl)nc3cccc(C)c32)CC1. The Morgan fingerprint density at radius 2 is 2.05 bits per heavy atom. The zero-order valence-electron chi connectivity index (χ0n) is 12.1. The van der Waals surface area contributed by atoms with Crippen molar-refractivity contribution in [1.82, 2.24) is 9.55 Å². The van der Waals surface area contributed by atoms with E-state index in [2.05, 4.69) is 35.9 Å². The average molecular weight is 309 g/mol. The van der Waals surface area contributed by atoms with Crippen LogP contribution in [0.4, 0.5) is 0 Å². The third-order valence-corrected chi connectivity index (χ3v) is 5.82. The molecule has 0 saturated heterocycles. The van der Waals surface area contributed by atoms with E-state index < -0.39 is 0 Å². The van der Waals surface area contributed by atoms with Crippen molar-refractivity contribution >= 4 is 34.4 Å². The molecule has 1 heterocycles. The summed E-state index contributed by atoms with van der Waals surface area (Å²) in [5, 5.41) is 0.835. The number of imidazole rings is 1. The van der Waals surface area contributed by atoms with Crippen LogP contribution in [0.25, 0.3) is 11.0 Å². The van der Waals surface area contributed by atoms with Gasteiger partial charge in [0.1, 0.15) is 5.82 Å². The summed E-state index contributed by atoms with van der Waals surface area (Å²) in [5.41, 5.74) is 3.68. The summed E-state index contributed by atoms with van der Waals surface area (Å²) < 4.78 is 2.42. The summed E-state index contributed by atoms with van der Waals surface area (Å²) in [6.07, 6.45) is 7.33. The molecule has 3 rings (SSSR count). The minimum Gasteiger partial charge on any atom is -0.324 e. The lowest BCUT2D eigenvalue weighted by Gasteiger charge is -2.30. The van der Waals surface area contributed by atoms with Crippen molar-refractivity contribution in [2.24, 2.45) is 0 Å². The first kappa shape index (κ1) is 14.3. The molecule has 0 spiro atoms. The van der Waals surface area contributed by atoms with E-state index in [1.165, 1.54) is 36.8 Å². The summed E-state index contributed by atoms with van der Waals surface area (Å²) in [6.45, 7) is 2.17. The number of hydrogen-bond donors (Lipinski definition) is 0. The molecule has 0 N–H and O–H groups in total. The monoisotopic (exact) mass is 308 g/mol. The molecule has 0 aliphatic heterocycles. The van der Waals surface area contributed by atoms with Gasteiger partial charge in [-0.15, -0.1) is 11.6 Å². The highest BCUT2D eigenvalue weighted by molar-refractivity contribution is 7.99. The lowest BCUT2D eigenvalue weighted by Crippen LogP contribution is -2.20. The first-order valence-corrected chi connectivity index (χ1v) is 9.12. The van der Waals surface area contributed by atoms with E-state index in [0.29, 0.717) is 11.9 Å². The molecule has 0 unspecified atom stereocenters. The van der Waals surface area contributed by atoms with Crippen LogP contribution in [0, 0.1) is 6.92 Å². The minimum atomic E-state index is 0.497. The predicted molar refractivity (Wildman–Crippen MR) is 88.8 cm³/mol. The van der Waals surface area contributed by atoms with E-state index in [9.17, 15) is 0 Å². The fraction of sp³-hybridized carbons (Fsp3) is 0.562. The molecular formula is C16H21ClN2S. The number of halogens is 1. The van der Waals surface area contributed by atoms with Crippen molar-refractivity contribution in [2.75, 3.05) is 6.26 Å². The van der Waals surface area contributed by atoms with Gasteiger partial charge in [-0.2, -0.15) is 11.8 Å². The van der Waals surface area contributed by atoms with E-state index in [4.69, 9.17) is 16.6 Å². The molecule has 20 heavy (non-hydrogen) atoms. The van der Waals surface area contributed by atoms with Crippen LogP contribution in [-0.2, 0) is 5.88 Å². The van der Waals surface area contributed by atoms with Gasteiger partial charge in [0.2, 0.25) is 0 Å². The van der Waals surface area contributed by atoms with Gasteiger partial charge in [0.05, 0.1) is 16.9 Å². The lowest BCUT2D eigenvalue weighted by molar-refractivity contribution is 0.361. The maximum atomic E-state index is 6.14. The summed E-state index contributed by atoms with van der Waals surface area (Å²) in [6, 6.07) is 6.92. The fourth-order valence-corrected chi connectivity index (χ4v) is 4.33. The number of alkyl halides is 1. The van der Waals surface area contributed by atoms with Crippen LogP contribution in [0.15, 0.2) is 18.2 Å². The van der Waals surface area contributed by atoms with Crippen LogP contribution in [0.3, 0.4) is 0 Å². The van der Waals surface area contributed by atoms with Gasteiger partial charge in [0.15, 0.2) is 0 Å². The van der Waals surface area contributed by atoms with Gasteiger partial charge < -0.3 is 4.57 Å². The lowest BCUT2D eigenvalue weighted by atomic mass is 9.94. The van der Waals surface area contributed by atoms with E-state index in [1.807, 2.05) is 11.8 Å². The van der Waals surface area contributed by atoms with E-state index in [0.717, 1.165) is 16.6 Å². The number of aromatic nitrogens is 2. The molecule has 1 fully saturated rings. The van der Waals surface area contributed by atoms with Crippen molar-refractivity contribution in [3.8, 4) is 0 Å². The number of para-hydroxylation sites is 1. The number of hydrogen-bond acceptors (Lipinski definition) is 2. The second kappa shape index (κ2) is 5.98. The predicted octanol–water partition coefficient (Wildman–Crippen LogP) is 4.93. The third-order valence-electron chi connectivity index (χ3n) is 4.45. The Hall–Kier alpha value is -0.670. The Morgan fingerprint density at radius 1 is 1.30 bits per heavy atom. The Bertz CT molecular complexity index is 600. The van der Waals surface area contributed by atoms with Gasteiger partial charge in [-0.05, 0) is 50.5 Å². The zero-order chi connectivity index (χ0) is 14.1. The molecule has 0 atom stereocenters.